The van der Waals surface area contributed by atoms with Gasteiger partial charge in [0.1, 0.15) is 5.12 Å². The highest BCUT2D eigenvalue weighted by Gasteiger charge is 2.31. The standard InChI is InChI=1S/C4H9Cl2O3P/c1-8-10(7,9-2)4(6)3-5/h4H,3H2,1-2H3. The van der Waals surface area contributed by atoms with E-state index in [2.05, 4.69) is 9.05 Å². The molecule has 0 radical (unpaired) electrons. The van der Waals surface area contributed by atoms with Gasteiger partial charge in [-0.15, -0.1) is 23.2 Å². The lowest BCUT2D eigenvalue weighted by atomic mass is 10.9. The summed E-state index contributed by atoms with van der Waals surface area (Å²) in [5.74, 6) is 0.0422. The Kier molecular flexibility index (Phi) is 4.91. The molecule has 0 aliphatic heterocycles. The summed E-state index contributed by atoms with van der Waals surface area (Å²) in [5, 5.41) is -0.774. The van der Waals surface area contributed by atoms with Gasteiger partial charge in [0.15, 0.2) is 0 Å². The third-order valence-electron chi connectivity index (χ3n) is 0.979. The van der Waals surface area contributed by atoms with Crippen LogP contribution in [0, 0.1) is 0 Å². The molecule has 1 atom stereocenters. The molecule has 0 saturated carbocycles. The quantitative estimate of drug-likeness (QED) is 0.523. The van der Waals surface area contributed by atoms with Gasteiger partial charge in [-0.3, -0.25) is 4.57 Å². The van der Waals surface area contributed by atoms with Crippen molar-refractivity contribution in [2.75, 3.05) is 20.1 Å². The summed E-state index contributed by atoms with van der Waals surface area (Å²) in [5.41, 5.74) is 0. The van der Waals surface area contributed by atoms with Crippen LogP contribution in [0.1, 0.15) is 0 Å². The van der Waals surface area contributed by atoms with Crippen molar-refractivity contribution in [1.29, 1.82) is 0 Å². The van der Waals surface area contributed by atoms with Gasteiger partial charge in [-0.05, 0) is 0 Å². The Hall–Kier alpha value is 0.730. The van der Waals surface area contributed by atoms with Crippen molar-refractivity contribution < 1.29 is 13.6 Å². The Morgan fingerprint density at radius 3 is 2.00 bits per heavy atom. The molecule has 0 saturated heterocycles. The highest BCUT2D eigenvalue weighted by Crippen LogP contribution is 2.53. The molecule has 0 aliphatic rings. The Bertz CT molecular complexity index is 132. The van der Waals surface area contributed by atoms with Crippen molar-refractivity contribution in [1.82, 2.24) is 0 Å². The lowest BCUT2D eigenvalue weighted by molar-refractivity contribution is 0.274. The van der Waals surface area contributed by atoms with Crippen LogP contribution >= 0.6 is 30.8 Å². The van der Waals surface area contributed by atoms with E-state index in [-0.39, 0.29) is 5.88 Å². The summed E-state index contributed by atoms with van der Waals surface area (Å²) in [6.07, 6.45) is 0. The van der Waals surface area contributed by atoms with Crippen molar-refractivity contribution in [3.63, 3.8) is 0 Å². The predicted molar refractivity (Wildman–Crippen MR) is 42.0 cm³/mol. The van der Waals surface area contributed by atoms with E-state index in [1.165, 1.54) is 14.2 Å². The number of rotatable bonds is 4. The molecular weight excluding hydrogens is 198 g/mol. The van der Waals surface area contributed by atoms with Crippen LogP contribution < -0.4 is 0 Å². The summed E-state index contributed by atoms with van der Waals surface area (Å²) < 4.78 is 20.3. The summed E-state index contributed by atoms with van der Waals surface area (Å²) in [6.45, 7) is 0. The molecule has 62 valence electrons. The third-order valence-corrected chi connectivity index (χ3v) is 4.42. The first kappa shape index (κ1) is 10.7. The molecule has 0 aliphatic carbocycles. The van der Waals surface area contributed by atoms with Gasteiger partial charge in [0, 0.05) is 14.2 Å². The number of alkyl halides is 2. The van der Waals surface area contributed by atoms with E-state index in [1.807, 2.05) is 0 Å². The van der Waals surface area contributed by atoms with Gasteiger partial charge in [-0.1, -0.05) is 0 Å². The largest absolute Gasteiger partial charge is 0.349 e. The van der Waals surface area contributed by atoms with Gasteiger partial charge in [-0.25, -0.2) is 0 Å². The van der Waals surface area contributed by atoms with E-state index < -0.39 is 12.7 Å². The fourth-order valence-electron chi connectivity index (χ4n) is 0.388. The fraction of sp³-hybridized carbons (Fsp3) is 1.00. The number of hydrogen-bond acceptors (Lipinski definition) is 3. The zero-order chi connectivity index (χ0) is 8.20. The topological polar surface area (TPSA) is 35.5 Å². The maximum atomic E-state index is 11.2. The van der Waals surface area contributed by atoms with Crippen LogP contribution in [-0.2, 0) is 13.6 Å². The zero-order valence-corrected chi connectivity index (χ0v) is 8.12. The fourth-order valence-corrected chi connectivity index (χ4v) is 2.15. The van der Waals surface area contributed by atoms with Crippen LogP contribution in [-0.4, -0.2) is 25.2 Å². The van der Waals surface area contributed by atoms with E-state index in [9.17, 15) is 4.57 Å². The molecule has 0 amide bonds. The van der Waals surface area contributed by atoms with Crippen molar-refractivity contribution >= 4 is 30.8 Å². The van der Waals surface area contributed by atoms with Gasteiger partial charge in [-0.2, -0.15) is 0 Å². The van der Waals surface area contributed by atoms with Gasteiger partial charge < -0.3 is 9.05 Å². The van der Waals surface area contributed by atoms with Crippen molar-refractivity contribution in [3.8, 4) is 0 Å². The molecule has 0 fully saturated rings. The molecule has 0 heterocycles. The van der Waals surface area contributed by atoms with Gasteiger partial charge in [0.25, 0.3) is 0 Å². The average Bonchev–Trinajstić information content (AvgIpc) is 2.01. The monoisotopic (exact) mass is 206 g/mol. The maximum absolute atomic E-state index is 11.2. The Labute approximate surface area is 70.1 Å². The van der Waals surface area contributed by atoms with E-state index in [1.54, 1.807) is 0 Å². The SMILES string of the molecule is COP(=O)(OC)C(Cl)CCl. The first-order valence-electron chi connectivity index (χ1n) is 2.52. The molecule has 0 bridgehead atoms. The van der Waals surface area contributed by atoms with Crippen molar-refractivity contribution in [2.45, 2.75) is 5.12 Å². The second kappa shape index (κ2) is 4.58. The molecule has 10 heavy (non-hydrogen) atoms. The molecule has 0 aromatic carbocycles. The molecule has 1 unspecified atom stereocenters. The molecule has 0 aromatic heterocycles. The summed E-state index contributed by atoms with van der Waals surface area (Å²) >= 11 is 10.9. The zero-order valence-electron chi connectivity index (χ0n) is 5.71. The maximum Gasteiger partial charge on any atom is 0.349 e. The van der Waals surface area contributed by atoms with E-state index in [0.29, 0.717) is 0 Å². The summed E-state index contributed by atoms with van der Waals surface area (Å²) in [4.78, 5) is 0. The van der Waals surface area contributed by atoms with E-state index >= 15 is 0 Å². The van der Waals surface area contributed by atoms with E-state index in [0.717, 1.165) is 0 Å². The lowest BCUT2D eigenvalue weighted by Gasteiger charge is -2.16. The molecule has 6 heteroatoms. The average molecular weight is 207 g/mol. The number of halogens is 2. The van der Waals surface area contributed by atoms with Crippen LogP contribution in [0.3, 0.4) is 0 Å². The lowest BCUT2D eigenvalue weighted by Crippen LogP contribution is -2.04. The Morgan fingerprint density at radius 1 is 1.50 bits per heavy atom. The van der Waals surface area contributed by atoms with Gasteiger partial charge in [0.05, 0.1) is 5.88 Å². The summed E-state index contributed by atoms with van der Waals surface area (Å²) in [7, 11) is -0.599. The molecule has 0 spiro atoms. The molecule has 0 aromatic rings. The van der Waals surface area contributed by atoms with Crippen molar-refractivity contribution in [2.24, 2.45) is 0 Å². The Morgan fingerprint density at radius 2 is 1.90 bits per heavy atom. The second-order valence-electron chi connectivity index (χ2n) is 1.49. The normalized spacial score (nSPS) is 15.2. The van der Waals surface area contributed by atoms with Gasteiger partial charge in [0.2, 0.25) is 0 Å². The third kappa shape index (κ3) is 2.40. The minimum absolute atomic E-state index is 0.0422. The van der Waals surface area contributed by atoms with Crippen LogP contribution in [0.5, 0.6) is 0 Å². The highest BCUT2D eigenvalue weighted by atomic mass is 35.5. The van der Waals surface area contributed by atoms with Crippen LogP contribution in [0.15, 0.2) is 0 Å². The summed E-state index contributed by atoms with van der Waals surface area (Å²) in [6, 6.07) is 0. The molecule has 3 nitrogen and oxygen atoms in total. The minimum atomic E-state index is -3.14. The van der Waals surface area contributed by atoms with Crippen molar-refractivity contribution in [3.05, 3.63) is 0 Å². The second-order valence-corrected chi connectivity index (χ2v) is 5.07. The first-order chi connectivity index (χ1) is 4.60. The van der Waals surface area contributed by atoms with Crippen LogP contribution in [0.2, 0.25) is 0 Å². The minimum Gasteiger partial charge on any atom is -0.311 e. The van der Waals surface area contributed by atoms with Crippen LogP contribution in [0.4, 0.5) is 0 Å². The molecular formula is C4H9Cl2O3P. The van der Waals surface area contributed by atoms with E-state index in [4.69, 9.17) is 23.2 Å². The Balaban J connectivity index is 4.18. The highest BCUT2D eigenvalue weighted by molar-refractivity contribution is 7.56. The number of hydrogen-bond donors (Lipinski definition) is 0. The molecule has 0 rings (SSSR count). The predicted octanol–water partition coefficient (Wildman–Crippen LogP) is 2.28. The first-order valence-corrected chi connectivity index (χ1v) is 5.10. The smallest absolute Gasteiger partial charge is 0.311 e. The van der Waals surface area contributed by atoms with Gasteiger partial charge >= 0.3 is 7.60 Å². The molecule has 0 N–H and O–H groups in total. The van der Waals surface area contributed by atoms with Crippen LogP contribution in [0.25, 0.3) is 0 Å².